The number of halogens is 1. The van der Waals surface area contributed by atoms with Crippen molar-refractivity contribution < 1.29 is 26.5 Å². The Balaban J connectivity index is 1.80. The summed E-state index contributed by atoms with van der Waals surface area (Å²) < 4.78 is 48.5. The van der Waals surface area contributed by atoms with Crippen molar-refractivity contribution in [3.8, 4) is 11.5 Å². The Morgan fingerprint density at radius 3 is 2.24 bits per heavy atom. The van der Waals surface area contributed by atoms with Crippen LogP contribution < -0.4 is 8.92 Å². The summed E-state index contributed by atoms with van der Waals surface area (Å²) in [5.41, 5.74) is 1.24. The zero-order valence-corrected chi connectivity index (χ0v) is 19.5. The molecule has 0 aliphatic heterocycles. The van der Waals surface area contributed by atoms with Gasteiger partial charge in [0.2, 0.25) is 0 Å². The number of rotatable bonds is 9. The van der Waals surface area contributed by atoms with Crippen LogP contribution in [-0.4, -0.2) is 32.9 Å². The van der Waals surface area contributed by atoms with E-state index in [0.717, 1.165) is 24.3 Å². The van der Waals surface area contributed by atoms with E-state index >= 15 is 0 Å². The summed E-state index contributed by atoms with van der Waals surface area (Å²) >= 11 is 0. The minimum absolute atomic E-state index is 0.109. The van der Waals surface area contributed by atoms with Gasteiger partial charge in [-0.2, -0.15) is 8.42 Å². The first-order valence-corrected chi connectivity index (χ1v) is 11.8. The number of methoxy groups -OCH3 is 1. The van der Waals surface area contributed by atoms with Gasteiger partial charge < -0.3 is 13.8 Å². The van der Waals surface area contributed by atoms with Crippen molar-refractivity contribution in [1.82, 2.24) is 4.90 Å². The number of benzene rings is 3. The smallest absolute Gasteiger partial charge is 0.339 e. The molecule has 0 bridgehead atoms. The van der Waals surface area contributed by atoms with Crippen molar-refractivity contribution in [3.63, 3.8) is 0 Å². The average Bonchev–Trinajstić information content (AvgIpc) is 2.78. The Morgan fingerprint density at radius 1 is 0.970 bits per heavy atom. The highest BCUT2D eigenvalue weighted by atomic mass is 32.2. The van der Waals surface area contributed by atoms with Gasteiger partial charge in [0.15, 0.2) is 0 Å². The van der Waals surface area contributed by atoms with Crippen LogP contribution in [-0.2, 0) is 16.7 Å². The third kappa shape index (κ3) is 6.55. The molecular formula is C25H26FNO5S. The highest BCUT2D eigenvalue weighted by Gasteiger charge is 2.20. The normalized spacial score (nSPS) is 11.3. The van der Waals surface area contributed by atoms with Crippen LogP contribution in [0.2, 0.25) is 0 Å². The lowest BCUT2D eigenvalue weighted by atomic mass is 10.1. The van der Waals surface area contributed by atoms with E-state index in [4.69, 9.17) is 8.92 Å². The quantitative estimate of drug-likeness (QED) is 0.415. The van der Waals surface area contributed by atoms with Crippen molar-refractivity contribution in [1.29, 1.82) is 0 Å². The molecule has 174 valence electrons. The van der Waals surface area contributed by atoms with Crippen molar-refractivity contribution >= 4 is 16.0 Å². The molecule has 0 spiro atoms. The second-order valence-electron chi connectivity index (χ2n) is 7.95. The number of hydrogen-bond acceptors (Lipinski definition) is 5. The van der Waals surface area contributed by atoms with Crippen molar-refractivity contribution in [3.05, 3.63) is 89.7 Å². The van der Waals surface area contributed by atoms with Crippen LogP contribution in [0.5, 0.6) is 11.5 Å². The fourth-order valence-electron chi connectivity index (χ4n) is 3.27. The molecule has 0 saturated carbocycles. The minimum atomic E-state index is -4.12. The standard InChI is InChI=1S/C25H26FNO5S/c1-18(2)16-27(25(28)20-7-11-22(31-3)12-8-20)17-19-5-4-6-23(15-19)32-33(29,30)24-13-9-21(26)10-14-24/h4-15,18H,16-17H2,1-3H3. The van der Waals surface area contributed by atoms with Crippen LogP contribution >= 0.6 is 0 Å². The molecule has 0 atom stereocenters. The van der Waals surface area contributed by atoms with E-state index in [1.165, 1.54) is 6.07 Å². The maximum atomic E-state index is 13.1. The average molecular weight is 472 g/mol. The fraction of sp³-hybridized carbons (Fsp3) is 0.240. The van der Waals surface area contributed by atoms with E-state index in [1.54, 1.807) is 54.5 Å². The third-order valence-electron chi connectivity index (χ3n) is 4.79. The summed E-state index contributed by atoms with van der Waals surface area (Å²) in [6, 6.07) is 17.8. The third-order valence-corrected chi connectivity index (χ3v) is 6.05. The molecule has 3 rings (SSSR count). The molecule has 6 nitrogen and oxygen atoms in total. The van der Waals surface area contributed by atoms with Crippen LogP contribution in [0, 0.1) is 11.7 Å². The lowest BCUT2D eigenvalue weighted by Crippen LogP contribution is -2.33. The fourth-order valence-corrected chi connectivity index (χ4v) is 4.19. The molecule has 8 heteroatoms. The predicted octanol–water partition coefficient (Wildman–Crippen LogP) is 4.90. The van der Waals surface area contributed by atoms with Crippen LogP contribution in [0.3, 0.4) is 0 Å². The molecule has 0 fully saturated rings. The summed E-state index contributed by atoms with van der Waals surface area (Å²) in [5, 5.41) is 0. The lowest BCUT2D eigenvalue weighted by Gasteiger charge is -2.25. The van der Waals surface area contributed by atoms with Gasteiger partial charge in [-0.3, -0.25) is 4.79 Å². The number of hydrogen-bond donors (Lipinski definition) is 0. The Morgan fingerprint density at radius 2 is 1.64 bits per heavy atom. The van der Waals surface area contributed by atoms with Gasteiger partial charge in [-0.1, -0.05) is 26.0 Å². The SMILES string of the molecule is COc1ccc(C(=O)N(Cc2cccc(OS(=O)(=O)c3ccc(F)cc3)c2)CC(C)C)cc1. The summed E-state index contributed by atoms with van der Waals surface area (Å²) in [6.45, 7) is 4.83. The van der Waals surface area contributed by atoms with E-state index in [1.807, 2.05) is 13.8 Å². The summed E-state index contributed by atoms with van der Waals surface area (Å²) in [6.07, 6.45) is 0. The zero-order valence-electron chi connectivity index (χ0n) is 18.7. The Bertz CT molecular complexity index is 1190. The van der Waals surface area contributed by atoms with E-state index < -0.39 is 15.9 Å². The van der Waals surface area contributed by atoms with Gasteiger partial charge >= 0.3 is 10.1 Å². The largest absolute Gasteiger partial charge is 0.497 e. The maximum Gasteiger partial charge on any atom is 0.339 e. The number of nitrogens with zero attached hydrogens (tertiary/aromatic N) is 1. The highest BCUT2D eigenvalue weighted by Crippen LogP contribution is 2.22. The van der Waals surface area contributed by atoms with Gasteiger partial charge in [-0.15, -0.1) is 0 Å². The highest BCUT2D eigenvalue weighted by molar-refractivity contribution is 7.87. The van der Waals surface area contributed by atoms with Crippen LogP contribution in [0.4, 0.5) is 4.39 Å². The summed E-state index contributed by atoms with van der Waals surface area (Å²) in [7, 11) is -2.56. The van der Waals surface area contributed by atoms with Gasteiger partial charge in [-0.05, 0) is 72.1 Å². The number of carbonyl (C=O) groups excluding carboxylic acids is 1. The van der Waals surface area contributed by atoms with Crippen LogP contribution in [0.25, 0.3) is 0 Å². The topological polar surface area (TPSA) is 72.9 Å². The molecule has 3 aromatic carbocycles. The molecule has 0 aromatic heterocycles. The van der Waals surface area contributed by atoms with E-state index in [9.17, 15) is 17.6 Å². The van der Waals surface area contributed by atoms with Gasteiger partial charge in [-0.25, -0.2) is 4.39 Å². The van der Waals surface area contributed by atoms with Gasteiger partial charge in [0.1, 0.15) is 22.2 Å². The molecule has 1 amide bonds. The second kappa shape index (κ2) is 10.5. The predicted molar refractivity (Wildman–Crippen MR) is 123 cm³/mol. The molecule has 0 aliphatic carbocycles. The van der Waals surface area contributed by atoms with Crippen LogP contribution in [0.15, 0.2) is 77.7 Å². The van der Waals surface area contributed by atoms with Crippen molar-refractivity contribution in [2.24, 2.45) is 5.92 Å². The number of carbonyl (C=O) groups is 1. The Labute approximate surface area is 193 Å². The molecule has 0 unspecified atom stereocenters. The first kappa shape index (κ1) is 24.3. The number of amides is 1. The van der Waals surface area contributed by atoms with E-state index in [0.29, 0.717) is 23.4 Å². The number of ether oxygens (including phenoxy) is 1. The van der Waals surface area contributed by atoms with Gasteiger partial charge in [0.25, 0.3) is 5.91 Å². The molecule has 0 N–H and O–H groups in total. The molecule has 0 saturated heterocycles. The van der Waals surface area contributed by atoms with Crippen molar-refractivity contribution in [2.45, 2.75) is 25.3 Å². The lowest BCUT2D eigenvalue weighted by molar-refractivity contribution is 0.0722. The summed E-state index contributed by atoms with van der Waals surface area (Å²) in [5.74, 6) is 0.317. The Hall–Kier alpha value is -3.39. The minimum Gasteiger partial charge on any atom is -0.497 e. The van der Waals surface area contributed by atoms with Gasteiger partial charge in [0, 0.05) is 18.7 Å². The van der Waals surface area contributed by atoms with Crippen molar-refractivity contribution in [2.75, 3.05) is 13.7 Å². The summed E-state index contributed by atoms with van der Waals surface area (Å²) in [4.78, 5) is 14.7. The molecule has 0 radical (unpaired) electrons. The first-order chi connectivity index (χ1) is 15.7. The van der Waals surface area contributed by atoms with Gasteiger partial charge in [0.05, 0.1) is 7.11 Å². The van der Waals surface area contributed by atoms with E-state index in [-0.39, 0.29) is 29.0 Å². The molecular weight excluding hydrogens is 445 g/mol. The molecule has 3 aromatic rings. The first-order valence-electron chi connectivity index (χ1n) is 10.4. The maximum absolute atomic E-state index is 13.1. The second-order valence-corrected chi connectivity index (χ2v) is 9.49. The molecule has 0 aliphatic rings. The Kier molecular flexibility index (Phi) is 7.71. The molecule has 0 heterocycles. The van der Waals surface area contributed by atoms with Crippen LogP contribution in [0.1, 0.15) is 29.8 Å². The van der Waals surface area contributed by atoms with E-state index in [2.05, 4.69) is 0 Å². The monoisotopic (exact) mass is 471 g/mol. The molecule has 33 heavy (non-hydrogen) atoms. The zero-order chi connectivity index (χ0) is 24.0.